The fraction of sp³-hybridized carbons (Fsp3) is 0.308. The molecular weight excluding hydrogens is 235 g/mol. The van der Waals surface area contributed by atoms with Gasteiger partial charge in [0.2, 0.25) is 0 Å². The van der Waals surface area contributed by atoms with Crippen molar-refractivity contribution in [2.24, 2.45) is 5.73 Å². The third kappa shape index (κ3) is 2.37. The first-order valence-electron chi connectivity index (χ1n) is 5.48. The number of aryl methyl sites for hydroxylation is 2. The number of benzene rings is 1. The predicted molar refractivity (Wildman–Crippen MR) is 69.6 cm³/mol. The van der Waals surface area contributed by atoms with Gasteiger partial charge in [-0.25, -0.2) is 9.37 Å². The second kappa shape index (κ2) is 4.55. The SMILES string of the molecule is Cc1ccc(-c2nc(C)c(C(C)N)s2)cc1F. The Morgan fingerprint density at radius 3 is 2.59 bits per heavy atom. The molecule has 90 valence electrons. The van der Waals surface area contributed by atoms with Crippen LogP contribution in [-0.2, 0) is 0 Å². The van der Waals surface area contributed by atoms with Crippen LogP contribution in [0.3, 0.4) is 0 Å². The smallest absolute Gasteiger partial charge is 0.126 e. The second-order valence-corrected chi connectivity index (χ2v) is 5.25. The van der Waals surface area contributed by atoms with Gasteiger partial charge in [-0.15, -0.1) is 11.3 Å². The van der Waals surface area contributed by atoms with E-state index < -0.39 is 0 Å². The number of hydrogen-bond donors (Lipinski definition) is 1. The van der Waals surface area contributed by atoms with E-state index in [2.05, 4.69) is 4.98 Å². The summed E-state index contributed by atoms with van der Waals surface area (Å²) in [5.74, 6) is -0.197. The Kier molecular flexibility index (Phi) is 3.26. The molecule has 1 unspecified atom stereocenters. The van der Waals surface area contributed by atoms with Crippen molar-refractivity contribution < 1.29 is 4.39 Å². The Bertz CT molecular complexity index is 546. The highest BCUT2D eigenvalue weighted by molar-refractivity contribution is 7.15. The molecule has 2 rings (SSSR count). The monoisotopic (exact) mass is 250 g/mol. The third-order valence-corrected chi connectivity index (χ3v) is 4.07. The zero-order valence-electron chi connectivity index (χ0n) is 10.1. The van der Waals surface area contributed by atoms with Crippen LogP contribution in [0.5, 0.6) is 0 Å². The van der Waals surface area contributed by atoms with Crippen molar-refractivity contribution in [3.63, 3.8) is 0 Å². The minimum atomic E-state index is -0.197. The van der Waals surface area contributed by atoms with Gasteiger partial charge in [0.15, 0.2) is 0 Å². The number of nitrogens with zero attached hydrogens (tertiary/aromatic N) is 1. The largest absolute Gasteiger partial charge is 0.323 e. The molecule has 17 heavy (non-hydrogen) atoms. The maximum Gasteiger partial charge on any atom is 0.126 e. The van der Waals surface area contributed by atoms with E-state index in [-0.39, 0.29) is 11.9 Å². The molecule has 0 aliphatic rings. The molecule has 0 radical (unpaired) electrons. The van der Waals surface area contributed by atoms with Gasteiger partial charge >= 0.3 is 0 Å². The van der Waals surface area contributed by atoms with Crippen LogP contribution in [0.25, 0.3) is 10.6 Å². The van der Waals surface area contributed by atoms with Gasteiger partial charge in [-0.1, -0.05) is 12.1 Å². The summed E-state index contributed by atoms with van der Waals surface area (Å²) in [4.78, 5) is 5.50. The summed E-state index contributed by atoms with van der Waals surface area (Å²) in [6, 6.07) is 5.16. The molecule has 0 saturated heterocycles. The van der Waals surface area contributed by atoms with Gasteiger partial charge in [-0.05, 0) is 32.4 Å². The van der Waals surface area contributed by atoms with Gasteiger partial charge < -0.3 is 5.73 Å². The summed E-state index contributed by atoms with van der Waals surface area (Å²) in [6.45, 7) is 5.61. The van der Waals surface area contributed by atoms with Crippen molar-refractivity contribution >= 4 is 11.3 Å². The predicted octanol–water partition coefficient (Wildman–Crippen LogP) is 3.59. The van der Waals surface area contributed by atoms with Crippen molar-refractivity contribution in [1.29, 1.82) is 0 Å². The van der Waals surface area contributed by atoms with Gasteiger partial charge in [-0.2, -0.15) is 0 Å². The average Bonchev–Trinajstić information content (AvgIpc) is 2.64. The van der Waals surface area contributed by atoms with E-state index >= 15 is 0 Å². The van der Waals surface area contributed by atoms with Gasteiger partial charge in [0.1, 0.15) is 10.8 Å². The second-order valence-electron chi connectivity index (χ2n) is 4.22. The fourth-order valence-electron chi connectivity index (χ4n) is 1.68. The molecule has 0 aliphatic heterocycles. The highest BCUT2D eigenvalue weighted by atomic mass is 32.1. The van der Waals surface area contributed by atoms with Crippen LogP contribution in [-0.4, -0.2) is 4.98 Å². The number of rotatable bonds is 2. The van der Waals surface area contributed by atoms with Crippen LogP contribution in [0.4, 0.5) is 4.39 Å². The van der Waals surface area contributed by atoms with Crippen LogP contribution >= 0.6 is 11.3 Å². The van der Waals surface area contributed by atoms with Crippen LogP contribution < -0.4 is 5.73 Å². The molecule has 0 aliphatic carbocycles. The zero-order chi connectivity index (χ0) is 12.6. The molecule has 2 nitrogen and oxygen atoms in total. The highest BCUT2D eigenvalue weighted by Crippen LogP contribution is 2.31. The molecule has 2 N–H and O–H groups in total. The normalized spacial score (nSPS) is 12.8. The van der Waals surface area contributed by atoms with E-state index in [0.717, 1.165) is 21.1 Å². The summed E-state index contributed by atoms with van der Waals surface area (Å²) in [6.07, 6.45) is 0. The standard InChI is InChI=1S/C13H15FN2S/c1-7-4-5-10(6-11(7)14)13-16-9(3)12(17-13)8(2)15/h4-6,8H,15H2,1-3H3. The molecule has 4 heteroatoms. The van der Waals surface area contributed by atoms with E-state index in [1.807, 2.05) is 19.9 Å². The number of thiazole rings is 1. The zero-order valence-corrected chi connectivity index (χ0v) is 10.9. The molecule has 0 spiro atoms. The summed E-state index contributed by atoms with van der Waals surface area (Å²) >= 11 is 1.53. The quantitative estimate of drug-likeness (QED) is 0.884. The molecule has 1 heterocycles. The number of nitrogens with two attached hydrogens (primary N) is 1. The Labute approximate surface area is 104 Å². The minimum absolute atomic E-state index is 0.0310. The van der Waals surface area contributed by atoms with Crippen molar-refractivity contribution in [1.82, 2.24) is 4.98 Å². The van der Waals surface area contributed by atoms with E-state index in [0.29, 0.717) is 5.56 Å². The average molecular weight is 250 g/mol. The summed E-state index contributed by atoms with van der Waals surface area (Å²) in [7, 11) is 0. The number of aromatic nitrogens is 1. The molecule has 1 aromatic heterocycles. The maximum atomic E-state index is 13.5. The molecular formula is C13H15FN2S. The number of hydrogen-bond acceptors (Lipinski definition) is 3. The van der Waals surface area contributed by atoms with E-state index in [1.54, 1.807) is 13.0 Å². The van der Waals surface area contributed by atoms with Gasteiger partial charge in [0.05, 0.1) is 5.69 Å². The van der Waals surface area contributed by atoms with Crippen LogP contribution in [0.15, 0.2) is 18.2 Å². The molecule has 1 atom stereocenters. The minimum Gasteiger partial charge on any atom is -0.323 e. The van der Waals surface area contributed by atoms with Crippen molar-refractivity contribution in [3.05, 3.63) is 40.2 Å². The summed E-state index contributed by atoms with van der Waals surface area (Å²) < 4.78 is 13.5. The molecule has 0 bridgehead atoms. The molecule has 0 saturated carbocycles. The van der Waals surface area contributed by atoms with Crippen molar-refractivity contribution in [3.8, 4) is 10.6 Å². The van der Waals surface area contributed by atoms with E-state index in [1.165, 1.54) is 17.4 Å². The van der Waals surface area contributed by atoms with Gasteiger partial charge in [-0.3, -0.25) is 0 Å². The lowest BCUT2D eigenvalue weighted by atomic mass is 10.1. The molecule has 0 amide bonds. The lowest BCUT2D eigenvalue weighted by molar-refractivity contribution is 0.619. The maximum absolute atomic E-state index is 13.5. The number of halogens is 1. The molecule has 1 aromatic carbocycles. The summed E-state index contributed by atoms with van der Waals surface area (Å²) in [5.41, 5.74) is 8.25. The van der Waals surface area contributed by atoms with E-state index in [4.69, 9.17) is 5.73 Å². The van der Waals surface area contributed by atoms with Crippen LogP contribution in [0.2, 0.25) is 0 Å². The van der Waals surface area contributed by atoms with Gasteiger partial charge in [0.25, 0.3) is 0 Å². The van der Waals surface area contributed by atoms with Crippen LogP contribution in [0.1, 0.15) is 29.1 Å². The summed E-state index contributed by atoms with van der Waals surface area (Å²) in [5, 5.41) is 0.828. The van der Waals surface area contributed by atoms with Crippen molar-refractivity contribution in [2.75, 3.05) is 0 Å². The Hall–Kier alpha value is -1.26. The fourth-order valence-corrected chi connectivity index (χ4v) is 2.69. The van der Waals surface area contributed by atoms with Crippen molar-refractivity contribution in [2.45, 2.75) is 26.8 Å². The van der Waals surface area contributed by atoms with E-state index in [9.17, 15) is 4.39 Å². The molecule has 2 aromatic rings. The van der Waals surface area contributed by atoms with Gasteiger partial charge in [0, 0.05) is 16.5 Å². The first kappa shape index (κ1) is 12.2. The highest BCUT2D eigenvalue weighted by Gasteiger charge is 2.13. The Morgan fingerprint density at radius 2 is 2.06 bits per heavy atom. The lowest BCUT2D eigenvalue weighted by Crippen LogP contribution is -2.03. The first-order valence-corrected chi connectivity index (χ1v) is 6.30. The Balaban J connectivity index is 2.46. The topological polar surface area (TPSA) is 38.9 Å². The van der Waals surface area contributed by atoms with Crippen LogP contribution in [0, 0.1) is 19.7 Å². The lowest BCUT2D eigenvalue weighted by Gasteiger charge is -2.00. The molecule has 0 fully saturated rings. The first-order chi connectivity index (χ1) is 7.99. The Morgan fingerprint density at radius 1 is 1.35 bits per heavy atom. The third-order valence-electron chi connectivity index (χ3n) is 2.66.